The van der Waals surface area contributed by atoms with Gasteiger partial charge in [-0.15, -0.1) is 0 Å². The summed E-state index contributed by atoms with van der Waals surface area (Å²) >= 11 is 0. The van der Waals surface area contributed by atoms with Gasteiger partial charge in [0.1, 0.15) is 6.20 Å². The predicted octanol–water partition coefficient (Wildman–Crippen LogP) is 0.936. The van der Waals surface area contributed by atoms with Gasteiger partial charge in [-0.25, -0.2) is 0 Å². The van der Waals surface area contributed by atoms with Crippen LogP contribution in [0, 0.1) is 10.1 Å². The number of nitro groups is 1. The number of rotatable bonds is 2. The highest BCUT2D eigenvalue weighted by Gasteiger charge is 2.36. The van der Waals surface area contributed by atoms with Gasteiger partial charge in [0.2, 0.25) is 5.79 Å². The van der Waals surface area contributed by atoms with E-state index in [0.29, 0.717) is 13.0 Å². The van der Waals surface area contributed by atoms with E-state index in [1.165, 1.54) is 13.3 Å². The van der Waals surface area contributed by atoms with Crippen LogP contribution in [-0.2, 0) is 11.3 Å². The van der Waals surface area contributed by atoms with Crippen LogP contribution in [0.5, 0.6) is 6.01 Å². The Kier molecular flexibility index (Phi) is 2.11. The van der Waals surface area contributed by atoms with Crippen molar-refractivity contribution in [3.8, 4) is 6.01 Å². The highest BCUT2D eigenvalue weighted by Crippen LogP contribution is 2.29. The normalized spacial score (nSPS) is 24.4. The molecule has 2 heterocycles. The Labute approximate surface area is 85.8 Å². The molecular formula is C8H11N3O4. The van der Waals surface area contributed by atoms with E-state index < -0.39 is 10.7 Å². The van der Waals surface area contributed by atoms with Crippen molar-refractivity contribution in [3.05, 3.63) is 16.3 Å². The molecule has 0 fully saturated rings. The number of ether oxygens (including phenoxy) is 2. The maximum atomic E-state index is 10.5. The average molecular weight is 213 g/mol. The lowest BCUT2D eigenvalue weighted by atomic mass is 10.2. The molecule has 0 spiro atoms. The zero-order valence-electron chi connectivity index (χ0n) is 8.47. The van der Waals surface area contributed by atoms with Crippen LogP contribution in [0.4, 0.5) is 5.82 Å². The molecule has 0 aliphatic carbocycles. The first-order valence-electron chi connectivity index (χ1n) is 4.50. The van der Waals surface area contributed by atoms with E-state index in [0.717, 1.165) is 0 Å². The summed E-state index contributed by atoms with van der Waals surface area (Å²) in [6.07, 6.45) is 1.99. The number of hydrogen-bond donors (Lipinski definition) is 0. The second-order valence-corrected chi connectivity index (χ2v) is 3.52. The summed E-state index contributed by atoms with van der Waals surface area (Å²) in [4.78, 5) is 13.7. The number of aryl methyl sites for hydroxylation is 1. The third-order valence-electron chi connectivity index (χ3n) is 2.46. The van der Waals surface area contributed by atoms with Crippen LogP contribution in [0.15, 0.2) is 6.20 Å². The molecule has 7 nitrogen and oxygen atoms in total. The Morgan fingerprint density at radius 2 is 2.53 bits per heavy atom. The number of nitrogens with zero attached hydrogens (tertiary/aromatic N) is 3. The predicted molar refractivity (Wildman–Crippen MR) is 49.5 cm³/mol. The molecule has 2 rings (SSSR count). The molecule has 82 valence electrons. The van der Waals surface area contributed by atoms with Crippen molar-refractivity contribution < 1.29 is 14.4 Å². The first-order valence-corrected chi connectivity index (χ1v) is 4.50. The van der Waals surface area contributed by atoms with Gasteiger partial charge >= 0.3 is 11.8 Å². The molecule has 1 aromatic heterocycles. The standard InChI is InChI=1S/C8H11N3O4/c1-8(14-2)3-4-10-5-6(11(12)13)9-7(10)15-8/h5H,3-4H2,1-2H3/t8-/m0/s1. The van der Waals surface area contributed by atoms with Gasteiger partial charge in [0.05, 0.1) is 0 Å². The molecule has 0 N–H and O–H groups in total. The summed E-state index contributed by atoms with van der Waals surface area (Å²) in [7, 11) is 1.53. The first kappa shape index (κ1) is 9.91. The SMILES string of the molecule is CO[C@]1(C)CCn2cc([N+](=O)[O-])nc2O1. The van der Waals surface area contributed by atoms with Gasteiger partial charge in [0.25, 0.3) is 0 Å². The van der Waals surface area contributed by atoms with Gasteiger partial charge in [-0.05, 0) is 4.92 Å². The van der Waals surface area contributed by atoms with Crippen LogP contribution in [0.2, 0.25) is 0 Å². The van der Waals surface area contributed by atoms with Crippen LogP contribution in [0.1, 0.15) is 13.3 Å². The summed E-state index contributed by atoms with van der Waals surface area (Å²) in [6.45, 7) is 2.37. The first-order chi connectivity index (χ1) is 7.04. The Hall–Kier alpha value is -1.63. The van der Waals surface area contributed by atoms with Gasteiger partial charge in [0.15, 0.2) is 0 Å². The third kappa shape index (κ3) is 1.65. The topological polar surface area (TPSA) is 79.4 Å². The van der Waals surface area contributed by atoms with Gasteiger partial charge in [-0.1, -0.05) is 0 Å². The van der Waals surface area contributed by atoms with E-state index in [1.807, 2.05) is 0 Å². The molecule has 0 bridgehead atoms. The number of methoxy groups -OCH3 is 1. The van der Waals surface area contributed by atoms with Crippen LogP contribution in [0.3, 0.4) is 0 Å². The van der Waals surface area contributed by atoms with Crippen LogP contribution in [-0.4, -0.2) is 27.4 Å². The van der Waals surface area contributed by atoms with Crippen LogP contribution in [0.25, 0.3) is 0 Å². The maximum Gasteiger partial charge on any atom is 0.416 e. The van der Waals surface area contributed by atoms with Gasteiger partial charge in [-0.2, -0.15) is 0 Å². The van der Waals surface area contributed by atoms with E-state index in [-0.39, 0.29) is 11.8 Å². The minimum Gasteiger partial charge on any atom is -0.413 e. The van der Waals surface area contributed by atoms with E-state index in [1.54, 1.807) is 11.5 Å². The summed E-state index contributed by atoms with van der Waals surface area (Å²) in [5, 5.41) is 10.5. The molecule has 1 atom stereocenters. The summed E-state index contributed by atoms with van der Waals surface area (Å²) in [5.41, 5.74) is 0. The molecule has 0 unspecified atom stereocenters. The summed E-state index contributed by atoms with van der Waals surface area (Å²) in [5.74, 6) is -0.944. The second-order valence-electron chi connectivity index (χ2n) is 3.52. The highest BCUT2D eigenvalue weighted by molar-refractivity contribution is 5.21. The molecule has 0 aromatic carbocycles. The lowest BCUT2D eigenvalue weighted by Crippen LogP contribution is -2.39. The third-order valence-corrected chi connectivity index (χ3v) is 2.46. The van der Waals surface area contributed by atoms with E-state index >= 15 is 0 Å². The smallest absolute Gasteiger partial charge is 0.413 e. The zero-order chi connectivity index (χ0) is 11.1. The van der Waals surface area contributed by atoms with Crippen molar-refractivity contribution >= 4 is 5.82 Å². The van der Waals surface area contributed by atoms with Gasteiger partial charge in [0, 0.05) is 32.0 Å². The van der Waals surface area contributed by atoms with Crippen molar-refractivity contribution in [2.75, 3.05) is 7.11 Å². The number of fused-ring (bicyclic) bond motifs is 1. The lowest BCUT2D eigenvalue weighted by Gasteiger charge is -2.30. The number of aromatic nitrogens is 2. The molecule has 0 radical (unpaired) electrons. The van der Waals surface area contributed by atoms with Crippen molar-refractivity contribution in [2.24, 2.45) is 0 Å². The average Bonchev–Trinajstić information content (AvgIpc) is 2.60. The molecule has 15 heavy (non-hydrogen) atoms. The molecule has 1 aromatic rings. The summed E-state index contributed by atoms with van der Waals surface area (Å²) < 4.78 is 12.2. The fourth-order valence-electron chi connectivity index (χ4n) is 1.43. The van der Waals surface area contributed by atoms with Crippen molar-refractivity contribution in [3.63, 3.8) is 0 Å². The monoisotopic (exact) mass is 213 g/mol. The molecule has 7 heteroatoms. The number of hydrogen-bond acceptors (Lipinski definition) is 5. The largest absolute Gasteiger partial charge is 0.416 e. The molecule has 1 aliphatic rings. The summed E-state index contributed by atoms with van der Waals surface area (Å²) in [6, 6.07) is 0.234. The highest BCUT2D eigenvalue weighted by atomic mass is 16.7. The minimum absolute atomic E-state index is 0.203. The van der Waals surface area contributed by atoms with E-state index in [4.69, 9.17) is 9.47 Å². The number of imidazole rings is 1. The van der Waals surface area contributed by atoms with Gasteiger partial charge < -0.3 is 19.6 Å². The van der Waals surface area contributed by atoms with Crippen molar-refractivity contribution in [1.82, 2.24) is 9.55 Å². The van der Waals surface area contributed by atoms with Gasteiger partial charge in [-0.3, -0.25) is 4.57 Å². The van der Waals surface area contributed by atoms with Crippen LogP contribution >= 0.6 is 0 Å². The second kappa shape index (κ2) is 3.20. The minimum atomic E-state index is -0.741. The Morgan fingerprint density at radius 3 is 3.13 bits per heavy atom. The zero-order valence-corrected chi connectivity index (χ0v) is 8.47. The molecule has 0 saturated heterocycles. The maximum absolute atomic E-state index is 10.5. The van der Waals surface area contributed by atoms with Crippen molar-refractivity contribution in [1.29, 1.82) is 0 Å². The Morgan fingerprint density at radius 1 is 1.80 bits per heavy atom. The van der Waals surface area contributed by atoms with E-state index in [2.05, 4.69) is 4.98 Å². The molecule has 0 amide bonds. The lowest BCUT2D eigenvalue weighted by molar-refractivity contribution is -0.389. The molecule has 1 aliphatic heterocycles. The van der Waals surface area contributed by atoms with E-state index in [9.17, 15) is 10.1 Å². The molecule has 0 saturated carbocycles. The molecular weight excluding hydrogens is 202 g/mol. The Balaban J connectivity index is 2.30. The van der Waals surface area contributed by atoms with Crippen LogP contribution < -0.4 is 4.74 Å². The Bertz CT molecular complexity index is 403. The fourth-order valence-corrected chi connectivity index (χ4v) is 1.43. The van der Waals surface area contributed by atoms with Crippen molar-refractivity contribution in [2.45, 2.75) is 25.7 Å². The quantitative estimate of drug-likeness (QED) is 0.539. The fraction of sp³-hybridized carbons (Fsp3) is 0.625.